The van der Waals surface area contributed by atoms with Crippen molar-refractivity contribution in [1.82, 2.24) is 39.0 Å². The van der Waals surface area contributed by atoms with Crippen LogP contribution in [0.2, 0.25) is 0 Å². The fourth-order valence-corrected chi connectivity index (χ4v) is 6.50. The standard InChI is InChI=1S/C21H27FN10O9P2/c1-37-42(33,34)39-5-12-16(13(22)21(40-12)32-9-30-15-18(24)26-7-28-20(15)32)41-43(35,36)38-4-10-2-11(3-10)31-8-29-14-17(23)25-6-27-19(14)31/h6-13,16,21H,2-5H2,1H3,(H,33,34)(H,35,36)(H2,23,25,27)(H2,24,26,28)/t10?,11?,12-,13-,16-,21-/m1/s1. The van der Waals surface area contributed by atoms with E-state index >= 15 is 4.39 Å². The molecule has 1 aliphatic heterocycles. The van der Waals surface area contributed by atoms with E-state index < -0.39 is 46.9 Å². The molecule has 2 aliphatic rings. The van der Waals surface area contributed by atoms with Crippen LogP contribution in [0.3, 0.4) is 0 Å². The first-order valence-corrected chi connectivity index (χ1v) is 15.8. The van der Waals surface area contributed by atoms with Gasteiger partial charge in [0.15, 0.2) is 35.3 Å². The molecule has 2 unspecified atom stereocenters. The highest BCUT2D eigenvalue weighted by molar-refractivity contribution is 7.47. The fourth-order valence-electron chi connectivity index (χ4n) is 5.04. The molecule has 1 saturated carbocycles. The molecule has 0 radical (unpaired) electrons. The van der Waals surface area contributed by atoms with Gasteiger partial charge in [-0.05, 0) is 18.8 Å². The maximum Gasteiger partial charge on any atom is 0.472 e. The van der Waals surface area contributed by atoms with Gasteiger partial charge < -0.3 is 30.6 Å². The van der Waals surface area contributed by atoms with E-state index in [-0.39, 0.29) is 41.4 Å². The quantitative estimate of drug-likeness (QED) is 0.168. The lowest BCUT2D eigenvalue weighted by Gasteiger charge is -2.36. The molecule has 0 aromatic carbocycles. The highest BCUT2D eigenvalue weighted by atomic mass is 31.2. The Bertz CT molecular complexity index is 1740. The first-order chi connectivity index (χ1) is 20.5. The molecular formula is C21H27FN10O9P2. The number of rotatable bonds is 11. The SMILES string of the molecule is COP(=O)(O)OC[C@H]1O[C@@H](n2cnc3c(N)ncnc32)[C@H](F)[C@@H]1OP(=O)(O)OCC1CC(n2cnc3c(N)ncnc32)C1. The molecule has 19 nitrogen and oxygen atoms in total. The van der Waals surface area contributed by atoms with Crippen molar-refractivity contribution in [2.75, 3.05) is 31.8 Å². The van der Waals surface area contributed by atoms with Crippen LogP contribution in [0.4, 0.5) is 16.0 Å². The van der Waals surface area contributed by atoms with E-state index in [2.05, 4.69) is 34.4 Å². The van der Waals surface area contributed by atoms with Gasteiger partial charge in [0.1, 0.15) is 35.9 Å². The number of hydrogen-bond donors (Lipinski definition) is 4. The minimum atomic E-state index is -4.87. The van der Waals surface area contributed by atoms with E-state index in [1.54, 1.807) is 6.33 Å². The molecule has 232 valence electrons. The van der Waals surface area contributed by atoms with Crippen LogP contribution in [0.25, 0.3) is 22.3 Å². The molecule has 6 rings (SSSR count). The molecule has 0 bridgehead atoms. The van der Waals surface area contributed by atoms with Crippen molar-refractivity contribution in [2.24, 2.45) is 5.92 Å². The number of halogens is 1. The summed E-state index contributed by atoms with van der Waals surface area (Å²) >= 11 is 0. The average Bonchev–Trinajstić information content (AvgIpc) is 3.64. The fraction of sp³-hybridized carbons (Fsp3) is 0.524. The summed E-state index contributed by atoms with van der Waals surface area (Å²) < 4.78 is 69.1. The second kappa shape index (κ2) is 11.4. The number of fused-ring (bicyclic) bond motifs is 2. The summed E-state index contributed by atoms with van der Waals surface area (Å²) in [4.78, 5) is 44.5. The number of alkyl halides is 1. The summed E-state index contributed by atoms with van der Waals surface area (Å²) in [6.45, 7) is -0.898. The van der Waals surface area contributed by atoms with Gasteiger partial charge in [-0.15, -0.1) is 0 Å². The van der Waals surface area contributed by atoms with E-state index in [4.69, 9.17) is 29.8 Å². The zero-order chi connectivity index (χ0) is 30.5. The smallest absolute Gasteiger partial charge is 0.382 e. The number of nitrogens with two attached hydrogens (primary N) is 2. The Labute approximate surface area is 241 Å². The van der Waals surface area contributed by atoms with Crippen molar-refractivity contribution >= 4 is 49.6 Å². The molecule has 0 amide bonds. The van der Waals surface area contributed by atoms with E-state index in [0.29, 0.717) is 24.0 Å². The third kappa shape index (κ3) is 5.85. The minimum absolute atomic E-state index is 0.00504. The van der Waals surface area contributed by atoms with Crippen molar-refractivity contribution in [3.63, 3.8) is 0 Å². The third-order valence-electron chi connectivity index (χ3n) is 7.28. The molecule has 2 fully saturated rings. The van der Waals surface area contributed by atoms with Gasteiger partial charge in [0.2, 0.25) is 0 Å². The molecule has 4 aromatic heterocycles. The van der Waals surface area contributed by atoms with Gasteiger partial charge in [-0.3, -0.25) is 22.7 Å². The van der Waals surface area contributed by atoms with Crippen LogP contribution in [-0.2, 0) is 32.0 Å². The summed E-state index contributed by atoms with van der Waals surface area (Å²) in [5.74, 6) is 0.177. The molecular weight excluding hydrogens is 617 g/mol. The van der Waals surface area contributed by atoms with Crippen LogP contribution in [0.15, 0.2) is 25.3 Å². The number of hydrogen-bond acceptors (Lipinski definition) is 15. The Morgan fingerprint density at radius 1 is 0.930 bits per heavy atom. The van der Waals surface area contributed by atoms with E-state index in [1.807, 2.05) is 4.57 Å². The summed E-state index contributed by atoms with van der Waals surface area (Å²) in [5.41, 5.74) is 13.0. The van der Waals surface area contributed by atoms with Gasteiger partial charge in [-0.2, -0.15) is 0 Å². The molecule has 4 aromatic rings. The molecule has 43 heavy (non-hydrogen) atoms. The maximum absolute atomic E-state index is 15.9. The molecule has 22 heteroatoms. The van der Waals surface area contributed by atoms with Crippen LogP contribution in [-0.4, -0.2) is 87.5 Å². The topological polar surface area (TPSA) is 260 Å². The monoisotopic (exact) mass is 644 g/mol. The highest BCUT2D eigenvalue weighted by Gasteiger charge is 2.51. The number of ether oxygens (including phenoxy) is 1. The van der Waals surface area contributed by atoms with Crippen molar-refractivity contribution in [2.45, 2.75) is 43.5 Å². The second-order valence-electron chi connectivity index (χ2n) is 9.95. The second-order valence-corrected chi connectivity index (χ2v) is 12.9. The maximum atomic E-state index is 15.9. The van der Waals surface area contributed by atoms with Gasteiger partial charge in [-0.1, -0.05) is 0 Å². The third-order valence-corrected chi connectivity index (χ3v) is 9.20. The lowest BCUT2D eigenvalue weighted by atomic mass is 9.81. The van der Waals surface area contributed by atoms with Gasteiger partial charge in [0.25, 0.3) is 0 Å². The van der Waals surface area contributed by atoms with Crippen molar-refractivity contribution in [3.8, 4) is 0 Å². The van der Waals surface area contributed by atoms with Gasteiger partial charge in [0.05, 0.1) is 25.9 Å². The van der Waals surface area contributed by atoms with E-state index in [9.17, 15) is 18.9 Å². The number of nitrogens with zero attached hydrogens (tertiary/aromatic N) is 8. The van der Waals surface area contributed by atoms with Crippen LogP contribution in [0.5, 0.6) is 0 Å². The number of phosphoric ester groups is 2. The zero-order valence-corrected chi connectivity index (χ0v) is 24.1. The normalized spacial score (nSPS) is 28.6. The lowest BCUT2D eigenvalue weighted by Crippen LogP contribution is -2.34. The van der Waals surface area contributed by atoms with E-state index in [0.717, 1.165) is 13.4 Å². The van der Waals surface area contributed by atoms with Crippen LogP contribution < -0.4 is 11.5 Å². The van der Waals surface area contributed by atoms with Crippen molar-refractivity contribution < 1.29 is 46.1 Å². The van der Waals surface area contributed by atoms with Crippen molar-refractivity contribution in [1.29, 1.82) is 0 Å². The Morgan fingerprint density at radius 2 is 1.51 bits per heavy atom. The van der Waals surface area contributed by atoms with E-state index in [1.165, 1.54) is 17.2 Å². The molecule has 1 aliphatic carbocycles. The number of aromatic nitrogens is 8. The first kappa shape index (κ1) is 29.9. The van der Waals surface area contributed by atoms with Crippen LogP contribution in [0, 0.1) is 5.92 Å². The predicted octanol–water partition coefficient (Wildman–Crippen LogP) is 1.28. The zero-order valence-electron chi connectivity index (χ0n) is 22.4. The predicted molar refractivity (Wildman–Crippen MR) is 143 cm³/mol. The summed E-state index contributed by atoms with van der Waals surface area (Å²) in [6, 6.07) is 0.00504. The van der Waals surface area contributed by atoms with Gasteiger partial charge in [-0.25, -0.2) is 43.4 Å². The Balaban J connectivity index is 1.12. The lowest BCUT2D eigenvalue weighted by molar-refractivity contribution is -0.0466. The van der Waals surface area contributed by atoms with Crippen molar-refractivity contribution in [3.05, 3.63) is 25.3 Å². The minimum Gasteiger partial charge on any atom is -0.382 e. The first-order valence-electron chi connectivity index (χ1n) is 12.8. The number of nitrogen functional groups attached to an aromatic ring is 2. The molecule has 6 atom stereocenters. The molecule has 5 heterocycles. The number of phosphoric acid groups is 2. The molecule has 0 spiro atoms. The number of anilines is 2. The number of imidazole rings is 2. The Hall–Kier alpha value is -3.19. The molecule has 1 saturated heterocycles. The summed E-state index contributed by atoms with van der Waals surface area (Å²) in [6.07, 6.45) is -0.373. The Morgan fingerprint density at radius 3 is 2.14 bits per heavy atom. The average molecular weight is 644 g/mol. The van der Waals surface area contributed by atoms with Gasteiger partial charge >= 0.3 is 15.6 Å². The van der Waals surface area contributed by atoms with Gasteiger partial charge in [0, 0.05) is 13.2 Å². The van der Waals surface area contributed by atoms with Crippen LogP contribution >= 0.6 is 15.6 Å². The Kier molecular flexibility index (Phi) is 7.91. The highest BCUT2D eigenvalue weighted by Crippen LogP contribution is 2.52. The summed E-state index contributed by atoms with van der Waals surface area (Å²) in [7, 11) is -8.45. The summed E-state index contributed by atoms with van der Waals surface area (Å²) in [5, 5.41) is 0. The molecule has 6 N–H and O–H groups in total. The largest absolute Gasteiger partial charge is 0.472 e. The van der Waals surface area contributed by atoms with Crippen LogP contribution in [0.1, 0.15) is 25.1 Å².